The van der Waals surface area contributed by atoms with Gasteiger partial charge in [0, 0.05) is 25.1 Å². The lowest BCUT2D eigenvalue weighted by Gasteiger charge is -2.29. The Morgan fingerprint density at radius 1 is 1.03 bits per heavy atom. The highest BCUT2D eigenvalue weighted by Gasteiger charge is 2.26. The van der Waals surface area contributed by atoms with Crippen LogP contribution < -0.4 is 5.32 Å². The number of nitrogens with zero attached hydrogens (tertiary/aromatic N) is 1. The van der Waals surface area contributed by atoms with Crippen LogP contribution in [0.4, 0.5) is 4.39 Å². The van der Waals surface area contributed by atoms with Crippen molar-refractivity contribution in [3.8, 4) is 0 Å². The third kappa shape index (κ3) is 7.00. The number of hydrogen-bond donors (Lipinski definition) is 1. The molecule has 0 aliphatic rings. The Hall–Kier alpha value is -2.69. The largest absolute Gasteiger partial charge is 0.354 e. The highest BCUT2D eigenvalue weighted by Crippen LogP contribution is 2.15. The van der Waals surface area contributed by atoms with Gasteiger partial charge in [-0.1, -0.05) is 61.9 Å². The van der Waals surface area contributed by atoms with Crippen molar-refractivity contribution in [1.29, 1.82) is 0 Å². The van der Waals surface area contributed by atoms with Crippen molar-refractivity contribution in [2.45, 2.75) is 53.1 Å². The Balaban J connectivity index is 2.13. The molecule has 0 saturated heterocycles. The molecule has 2 rings (SSSR count). The zero-order valence-electron chi connectivity index (χ0n) is 17.7. The van der Waals surface area contributed by atoms with Crippen LogP contribution in [0.5, 0.6) is 0 Å². The smallest absolute Gasteiger partial charge is 0.242 e. The van der Waals surface area contributed by atoms with E-state index >= 15 is 0 Å². The van der Waals surface area contributed by atoms with Crippen LogP contribution in [0.15, 0.2) is 48.5 Å². The van der Waals surface area contributed by atoms with Crippen molar-refractivity contribution >= 4 is 11.8 Å². The van der Waals surface area contributed by atoms with Crippen molar-refractivity contribution < 1.29 is 14.0 Å². The van der Waals surface area contributed by atoms with Crippen LogP contribution in [0.3, 0.4) is 0 Å². The summed E-state index contributed by atoms with van der Waals surface area (Å²) < 4.78 is 14.2. The molecule has 4 nitrogen and oxygen atoms in total. The molecule has 0 saturated carbocycles. The topological polar surface area (TPSA) is 49.4 Å². The van der Waals surface area contributed by atoms with E-state index in [-0.39, 0.29) is 30.6 Å². The minimum atomic E-state index is -0.682. The molecule has 1 atom stereocenters. The molecule has 0 radical (unpaired) electrons. The van der Waals surface area contributed by atoms with E-state index in [4.69, 9.17) is 0 Å². The standard InChI is InChI=1S/C24H31FN2O2/c1-17(2)15-26-24(29)19(4)27(16-21-7-5-6-8-22(21)25)23(28)14-13-20-11-9-18(3)10-12-20/h5-12,17,19H,13-16H2,1-4H3,(H,26,29)/t19-/m0/s1. The van der Waals surface area contributed by atoms with E-state index in [2.05, 4.69) is 5.32 Å². The Labute approximate surface area is 173 Å². The molecule has 0 aromatic heterocycles. The van der Waals surface area contributed by atoms with E-state index in [9.17, 15) is 14.0 Å². The summed E-state index contributed by atoms with van der Waals surface area (Å²) in [7, 11) is 0. The van der Waals surface area contributed by atoms with Gasteiger partial charge in [-0.15, -0.1) is 0 Å². The number of hydrogen-bond acceptors (Lipinski definition) is 2. The van der Waals surface area contributed by atoms with E-state index in [0.717, 1.165) is 11.1 Å². The van der Waals surface area contributed by atoms with Gasteiger partial charge >= 0.3 is 0 Å². The second-order valence-electron chi connectivity index (χ2n) is 7.91. The average molecular weight is 399 g/mol. The van der Waals surface area contributed by atoms with Crippen LogP contribution in [-0.2, 0) is 22.6 Å². The molecule has 0 aliphatic carbocycles. The van der Waals surface area contributed by atoms with E-state index in [1.54, 1.807) is 25.1 Å². The fraction of sp³-hybridized carbons (Fsp3) is 0.417. The highest BCUT2D eigenvalue weighted by molar-refractivity contribution is 5.87. The van der Waals surface area contributed by atoms with Crippen LogP contribution in [0, 0.1) is 18.7 Å². The summed E-state index contributed by atoms with van der Waals surface area (Å²) in [6.45, 7) is 8.33. The van der Waals surface area contributed by atoms with Crippen molar-refractivity contribution in [3.63, 3.8) is 0 Å². The average Bonchev–Trinajstić information content (AvgIpc) is 2.70. The Morgan fingerprint density at radius 3 is 2.31 bits per heavy atom. The third-order valence-corrected chi connectivity index (χ3v) is 4.90. The number of benzene rings is 2. The van der Waals surface area contributed by atoms with Crippen LogP contribution in [0.25, 0.3) is 0 Å². The fourth-order valence-corrected chi connectivity index (χ4v) is 2.99. The van der Waals surface area contributed by atoms with Gasteiger partial charge < -0.3 is 10.2 Å². The SMILES string of the molecule is Cc1ccc(CCC(=O)N(Cc2ccccc2F)[C@@H](C)C(=O)NCC(C)C)cc1. The Bertz CT molecular complexity index is 818. The zero-order chi connectivity index (χ0) is 21.4. The highest BCUT2D eigenvalue weighted by atomic mass is 19.1. The normalized spacial score (nSPS) is 11.9. The summed E-state index contributed by atoms with van der Waals surface area (Å²) in [5.74, 6) is -0.457. The van der Waals surface area contributed by atoms with Crippen LogP contribution >= 0.6 is 0 Å². The van der Waals surface area contributed by atoms with Gasteiger partial charge in [0.05, 0.1) is 0 Å². The summed E-state index contributed by atoms with van der Waals surface area (Å²) in [4.78, 5) is 27.1. The molecule has 0 heterocycles. The molecular weight excluding hydrogens is 367 g/mol. The van der Waals surface area contributed by atoms with E-state index in [1.807, 2.05) is 45.0 Å². The number of aryl methyl sites for hydroxylation is 2. The second kappa shape index (κ2) is 10.7. The first kappa shape index (κ1) is 22.6. The van der Waals surface area contributed by atoms with E-state index in [1.165, 1.54) is 11.0 Å². The van der Waals surface area contributed by atoms with Crippen LogP contribution in [-0.4, -0.2) is 29.3 Å². The van der Waals surface area contributed by atoms with E-state index in [0.29, 0.717) is 24.4 Å². The lowest BCUT2D eigenvalue weighted by molar-refractivity contribution is -0.140. The molecule has 0 unspecified atom stereocenters. The number of amides is 2. The van der Waals surface area contributed by atoms with Gasteiger partial charge in [-0.2, -0.15) is 0 Å². The summed E-state index contributed by atoms with van der Waals surface area (Å²) >= 11 is 0. The maximum atomic E-state index is 14.2. The first-order valence-electron chi connectivity index (χ1n) is 10.1. The van der Waals surface area contributed by atoms with Crippen molar-refractivity contribution in [2.24, 2.45) is 5.92 Å². The maximum absolute atomic E-state index is 14.2. The van der Waals surface area contributed by atoms with Crippen molar-refractivity contribution in [3.05, 3.63) is 71.0 Å². The number of nitrogens with one attached hydrogen (secondary N) is 1. The van der Waals surface area contributed by atoms with E-state index < -0.39 is 6.04 Å². The lowest BCUT2D eigenvalue weighted by atomic mass is 10.1. The van der Waals surface area contributed by atoms with Crippen LogP contribution in [0.2, 0.25) is 0 Å². The van der Waals surface area contributed by atoms with Crippen molar-refractivity contribution in [1.82, 2.24) is 10.2 Å². The summed E-state index contributed by atoms with van der Waals surface area (Å²) in [5.41, 5.74) is 2.63. The molecule has 2 amide bonds. The maximum Gasteiger partial charge on any atom is 0.242 e. The molecule has 0 spiro atoms. The Morgan fingerprint density at radius 2 is 1.69 bits per heavy atom. The minimum absolute atomic E-state index is 0.0651. The first-order chi connectivity index (χ1) is 13.8. The molecule has 5 heteroatoms. The predicted molar refractivity (Wildman–Crippen MR) is 114 cm³/mol. The number of halogens is 1. The predicted octanol–water partition coefficient (Wildman–Crippen LogP) is 4.26. The van der Waals surface area contributed by atoms with Gasteiger partial charge in [0.25, 0.3) is 0 Å². The molecule has 0 aliphatic heterocycles. The lowest BCUT2D eigenvalue weighted by Crippen LogP contribution is -2.48. The molecule has 29 heavy (non-hydrogen) atoms. The summed E-state index contributed by atoms with van der Waals surface area (Å²) in [6, 6.07) is 13.7. The molecule has 0 bridgehead atoms. The fourth-order valence-electron chi connectivity index (χ4n) is 2.99. The molecule has 1 N–H and O–H groups in total. The Kier molecular flexibility index (Phi) is 8.37. The monoisotopic (exact) mass is 398 g/mol. The summed E-state index contributed by atoms with van der Waals surface area (Å²) in [6.07, 6.45) is 0.840. The van der Waals surface area contributed by atoms with Gasteiger partial charge in [-0.3, -0.25) is 9.59 Å². The molecular formula is C24H31FN2O2. The van der Waals surface area contributed by atoms with Gasteiger partial charge in [-0.25, -0.2) is 4.39 Å². The van der Waals surface area contributed by atoms with Crippen LogP contribution in [0.1, 0.15) is 43.9 Å². The number of rotatable bonds is 9. The minimum Gasteiger partial charge on any atom is -0.354 e. The zero-order valence-corrected chi connectivity index (χ0v) is 17.7. The van der Waals surface area contributed by atoms with Gasteiger partial charge in [0.2, 0.25) is 11.8 Å². The molecule has 0 fully saturated rings. The summed E-state index contributed by atoms with van der Waals surface area (Å²) in [5, 5.41) is 2.87. The number of carbonyl (C=O) groups excluding carboxylic acids is 2. The molecule has 156 valence electrons. The quantitative estimate of drug-likeness (QED) is 0.686. The third-order valence-electron chi connectivity index (χ3n) is 4.90. The first-order valence-corrected chi connectivity index (χ1v) is 10.1. The second-order valence-corrected chi connectivity index (χ2v) is 7.91. The van der Waals surface area contributed by atoms with Crippen molar-refractivity contribution in [2.75, 3.05) is 6.54 Å². The molecule has 2 aromatic carbocycles. The van der Waals surface area contributed by atoms with Gasteiger partial charge in [-0.05, 0) is 37.8 Å². The van der Waals surface area contributed by atoms with Gasteiger partial charge in [0.1, 0.15) is 11.9 Å². The number of carbonyl (C=O) groups is 2. The van der Waals surface area contributed by atoms with Gasteiger partial charge in [0.15, 0.2) is 0 Å². The molecule has 2 aromatic rings.